The Morgan fingerprint density at radius 1 is 1.24 bits per heavy atom. The molecule has 2 rings (SSSR count). The summed E-state index contributed by atoms with van der Waals surface area (Å²) in [4.78, 5) is 42.7. The number of aromatic nitrogens is 1. The molecule has 214 valence electrons. The van der Waals surface area contributed by atoms with Gasteiger partial charge < -0.3 is 29.0 Å². The van der Waals surface area contributed by atoms with Crippen LogP contribution in [0.3, 0.4) is 0 Å². The number of methoxy groups -OCH3 is 1. The van der Waals surface area contributed by atoms with Gasteiger partial charge in [-0.3, -0.25) is 14.6 Å². The van der Waals surface area contributed by atoms with Gasteiger partial charge in [-0.05, 0) is 75.1 Å². The van der Waals surface area contributed by atoms with E-state index >= 15 is 0 Å². The van der Waals surface area contributed by atoms with E-state index in [0.29, 0.717) is 38.8 Å². The first kappa shape index (κ1) is 31.9. The second-order valence-corrected chi connectivity index (χ2v) is 10.5. The van der Waals surface area contributed by atoms with E-state index in [0.717, 1.165) is 25.7 Å². The van der Waals surface area contributed by atoms with E-state index in [1.165, 1.54) is 12.7 Å². The summed E-state index contributed by atoms with van der Waals surface area (Å²) in [6, 6.07) is 4.02. The zero-order valence-corrected chi connectivity index (χ0v) is 23.4. The van der Waals surface area contributed by atoms with Gasteiger partial charge in [0.1, 0.15) is 18.5 Å². The lowest BCUT2D eigenvalue weighted by Gasteiger charge is -2.31. The largest absolute Gasteiger partial charge is 0.463 e. The van der Waals surface area contributed by atoms with E-state index in [-0.39, 0.29) is 30.8 Å². The molecule has 1 aliphatic rings. The van der Waals surface area contributed by atoms with Gasteiger partial charge >= 0.3 is 11.9 Å². The Balaban J connectivity index is 2.19. The summed E-state index contributed by atoms with van der Waals surface area (Å²) in [7, 11) is 1.51. The molecule has 9 heteroatoms. The molecule has 0 amide bonds. The van der Waals surface area contributed by atoms with Crippen LogP contribution >= 0.6 is 0 Å². The normalized spacial score (nSPS) is 28.5. The molecule has 0 aliphatic carbocycles. The van der Waals surface area contributed by atoms with E-state index in [1.54, 1.807) is 19.3 Å². The van der Waals surface area contributed by atoms with Gasteiger partial charge in [-0.15, -0.1) is 0 Å². The highest BCUT2D eigenvalue weighted by atomic mass is 16.6. The van der Waals surface area contributed by atoms with Gasteiger partial charge in [-0.25, -0.2) is 0 Å². The first-order valence-corrected chi connectivity index (χ1v) is 13.9. The maximum absolute atomic E-state index is 12.8. The molecule has 0 radical (unpaired) electrons. The van der Waals surface area contributed by atoms with Crippen molar-refractivity contribution in [2.75, 3.05) is 26.7 Å². The molecular formula is C29H46N2O7. The van der Waals surface area contributed by atoms with Crippen LogP contribution in [0.5, 0.6) is 0 Å². The summed E-state index contributed by atoms with van der Waals surface area (Å²) in [5.41, 5.74) is 1.22. The van der Waals surface area contributed by atoms with E-state index in [1.807, 2.05) is 26.0 Å². The molecule has 6 atom stereocenters. The molecule has 1 aromatic heterocycles. The summed E-state index contributed by atoms with van der Waals surface area (Å²) < 4.78 is 16.9. The van der Waals surface area contributed by atoms with Crippen LogP contribution in [0.25, 0.3) is 0 Å². The van der Waals surface area contributed by atoms with Crippen molar-refractivity contribution in [1.29, 1.82) is 0 Å². The van der Waals surface area contributed by atoms with Gasteiger partial charge in [0, 0.05) is 45.4 Å². The standard InChI is InChI=1S/C29H46N2O7/c1-5-28(34)38-27-19-29(35)37-22(3)10-15-31(14-6-7-23-8-12-30-13-9-23)20-25(33)21(2)17-24(11-16-32)18-26(27)36-4/h8-9,12-13,16,21-22,24-27,33H,5-7,10-11,14-15,17-20H2,1-4H3. The number of β-amino-alcohol motifs (C(OH)–C–C–N with tert-alkyl or cyclic N) is 1. The lowest BCUT2D eigenvalue weighted by molar-refractivity contribution is -0.165. The Morgan fingerprint density at radius 2 is 1.97 bits per heavy atom. The molecular weight excluding hydrogens is 488 g/mol. The maximum Gasteiger partial charge on any atom is 0.309 e. The molecule has 2 heterocycles. The first-order chi connectivity index (χ1) is 18.2. The third-order valence-electron chi connectivity index (χ3n) is 7.33. The minimum atomic E-state index is -0.809. The fourth-order valence-electron chi connectivity index (χ4n) is 4.99. The number of rotatable bonds is 9. The number of hydrogen-bond acceptors (Lipinski definition) is 9. The van der Waals surface area contributed by atoms with E-state index in [2.05, 4.69) is 9.88 Å². The number of hydrogen-bond donors (Lipinski definition) is 1. The number of ether oxygens (including phenoxy) is 3. The quantitative estimate of drug-likeness (QED) is 0.376. The van der Waals surface area contributed by atoms with Crippen molar-refractivity contribution in [3.63, 3.8) is 0 Å². The van der Waals surface area contributed by atoms with Crippen LogP contribution in [0.15, 0.2) is 24.5 Å². The van der Waals surface area contributed by atoms with E-state index < -0.39 is 30.3 Å². The second kappa shape index (κ2) is 17.3. The smallest absolute Gasteiger partial charge is 0.309 e. The Labute approximate surface area is 227 Å². The van der Waals surface area contributed by atoms with Gasteiger partial charge in [0.25, 0.3) is 0 Å². The molecule has 1 aliphatic heterocycles. The first-order valence-electron chi connectivity index (χ1n) is 13.9. The van der Waals surface area contributed by atoms with Crippen molar-refractivity contribution in [2.45, 2.75) is 96.6 Å². The highest BCUT2D eigenvalue weighted by Crippen LogP contribution is 2.27. The Hall–Kier alpha value is -2.36. The molecule has 6 unspecified atom stereocenters. The average Bonchev–Trinajstić information content (AvgIpc) is 2.89. The number of aliphatic hydroxyl groups is 1. The molecule has 1 fully saturated rings. The summed E-state index contributed by atoms with van der Waals surface area (Å²) in [5, 5.41) is 11.1. The molecule has 0 saturated carbocycles. The number of cyclic esters (lactones) is 1. The molecule has 9 nitrogen and oxygen atoms in total. The van der Waals surface area contributed by atoms with Crippen LogP contribution in [0, 0.1) is 11.8 Å². The second-order valence-electron chi connectivity index (χ2n) is 10.5. The summed E-state index contributed by atoms with van der Waals surface area (Å²) in [6.45, 7) is 7.51. The van der Waals surface area contributed by atoms with Crippen LogP contribution < -0.4 is 0 Å². The molecule has 1 saturated heterocycles. The highest BCUT2D eigenvalue weighted by molar-refractivity contribution is 5.72. The summed E-state index contributed by atoms with van der Waals surface area (Å²) in [6.07, 6.45) is 5.99. The highest BCUT2D eigenvalue weighted by Gasteiger charge is 2.32. The predicted octanol–water partition coefficient (Wildman–Crippen LogP) is 3.36. The zero-order valence-electron chi connectivity index (χ0n) is 23.4. The number of aryl methyl sites for hydroxylation is 1. The van der Waals surface area contributed by atoms with Crippen LogP contribution in [0.4, 0.5) is 0 Å². The molecule has 1 N–H and O–H groups in total. The van der Waals surface area contributed by atoms with Gasteiger partial charge in [-0.2, -0.15) is 0 Å². The van der Waals surface area contributed by atoms with Gasteiger partial charge in [-0.1, -0.05) is 13.8 Å². The predicted molar refractivity (Wildman–Crippen MR) is 143 cm³/mol. The summed E-state index contributed by atoms with van der Waals surface area (Å²) >= 11 is 0. The molecule has 0 spiro atoms. The fraction of sp³-hybridized carbons (Fsp3) is 0.724. The number of aldehydes is 1. The van der Waals surface area contributed by atoms with Crippen LogP contribution in [0.1, 0.15) is 71.3 Å². The zero-order chi connectivity index (χ0) is 27.9. The van der Waals surface area contributed by atoms with Crippen LogP contribution in [-0.2, 0) is 35.0 Å². The Bertz CT molecular complexity index is 837. The Kier molecular flexibility index (Phi) is 14.5. The maximum atomic E-state index is 12.8. The SMILES string of the molecule is CCC(=O)OC1CC(=O)OC(C)CCN(CCCc2ccncc2)CC(O)C(C)CC(CC=O)CC1OC. The molecule has 0 aromatic carbocycles. The minimum Gasteiger partial charge on any atom is -0.463 e. The topological polar surface area (TPSA) is 115 Å². The minimum absolute atomic E-state index is 0.0581. The lowest BCUT2D eigenvalue weighted by Crippen LogP contribution is -2.39. The number of aliphatic hydroxyl groups excluding tert-OH is 1. The third kappa shape index (κ3) is 11.6. The number of nitrogens with zero attached hydrogens (tertiary/aromatic N) is 2. The van der Waals surface area contributed by atoms with Crippen molar-refractivity contribution >= 4 is 18.2 Å². The van der Waals surface area contributed by atoms with Gasteiger partial charge in [0.05, 0.1) is 18.6 Å². The fourth-order valence-corrected chi connectivity index (χ4v) is 4.99. The van der Waals surface area contributed by atoms with Crippen molar-refractivity contribution < 1.29 is 33.7 Å². The number of carbonyl (C=O) groups excluding carboxylic acids is 3. The van der Waals surface area contributed by atoms with Gasteiger partial charge in [0.2, 0.25) is 0 Å². The van der Waals surface area contributed by atoms with Crippen LogP contribution in [-0.4, -0.2) is 84.4 Å². The Morgan fingerprint density at radius 3 is 2.63 bits per heavy atom. The average molecular weight is 535 g/mol. The van der Waals surface area contributed by atoms with Crippen LogP contribution in [0.2, 0.25) is 0 Å². The van der Waals surface area contributed by atoms with Crippen molar-refractivity contribution in [2.24, 2.45) is 11.8 Å². The number of carbonyl (C=O) groups is 3. The lowest BCUT2D eigenvalue weighted by atomic mass is 9.85. The van der Waals surface area contributed by atoms with Gasteiger partial charge in [0.15, 0.2) is 0 Å². The number of esters is 2. The number of pyridine rings is 1. The summed E-state index contributed by atoms with van der Waals surface area (Å²) in [5.74, 6) is -1.02. The molecule has 38 heavy (non-hydrogen) atoms. The van der Waals surface area contributed by atoms with Crippen molar-refractivity contribution in [1.82, 2.24) is 9.88 Å². The molecule has 1 aromatic rings. The third-order valence-corrected chi connectivity index (χ3v) is 7.33. The monoisotopic (exact) mass is 534 g/mol. The van der Waals surface area contributed by atoms with E-state index in [9.17, 15) is 19.5 Å². The molecule has 0 bridgehead atoms. The van der Waals surface area contributed by atoms with Crippen molar-refractivity contribution in [3.05, 3.63) is 30.1 Å². The van der Waals surface area contributed by atoms with E-state index in [4.69, 9.17) is 14.2 Å². The van der Waals surface area contributed by atoms with Crippen molar-refractivity contribution in [3.8, 4) is 0 Å².